The molecule has 0 radical (unpaired) electrons. The maximum Gasteiger partial charge on any atom is 0.255 e. The van der Waals surface area contributed by atoms with Crippen LogP contribution in [0.3, 0.4) is 0 Å². The third-order valence-electron chi connectivity index (χ3n) is 9.45. The number of nitrogens with zero attached hydrogens (tertiary/aromatic N) is 5. The number of halogens is 2. The first-order valence-electron chi connectivity index (χ1n) is 14.5. The van der Waals surface area contributed by atoms with Crippen molar-refractivity contribution in [1.82, 2.24) is 24.1 Å². The molecule has 1 saturated heterocycles. The SMILES string of the molecule is Cc1c(-c2cc3ccc(-c4ccc(O)c(F)c4)nc3n2CC2CC2)nn2cc(C(=O)N3CC4CCC3[C@@H]4N)cc(F)c12. The van der Waals surface area contributed by atoms with Crippen LogP contribution < -0.4 is 5.73 Å². The van der Waals surface area contributed by atoms with Crippen LogP contribution >= 0.6 is 0 Å². The molecule has 3 atom stereocenters. The third-order valence-corrected chi connectivity index (χ3v) is 9.45. The van der Waals surface area contributed by atoms with E-state index in [-0.39, 0.29) is 23.6 Å². The Labute approximate surface area is 240 Å². The van der Waals surface area contributed by atoms with Crippen molar-refractivity contribution in [3.8, 4) is 28.4 Å². The quantitative estimate of drug-likeness (QED) is 0.300. The molecule has 2 aliphatic carbocycles. The van der Waals surface area contributed by atoms with Gasteiger partial charge in [0, 0.05) is 47.9 Å². The fraction of sp³-hybridized carbons (Fsp3) is 0.344. The molecule has 2 unspecified atom stereocenters. The highest BCUT2D eigenvalue weighted by atomic mass is 19.1. The van der Waals surface area contributed by atoms with Crippen LogP contribution in [0.4, 0.5) is 8.78 Å². The molecule has 5 heterocycles. The maximum absolute atomic E-state index is 15.7. The molecule has 2 saturated carbocycles. The Morgan fingerprint density at radius 1 is 1.07 bits per heavy atom. The number of aromatic hydroxyl groups is 1. The van der Waals surface area contributed by atoms with Gasteiger partial charge in [0.1, 0.15) is 22.7 Å². The average molecular weight is 569 g/mol. The predicted molar refractivity (Wildman–Crippen MR) is 154 cm³/mol. The van der Waals surface area contributed by atoms with Gasteiger partial charge >= 0.3 is 0 Å². The number of aryl methyl sites for hydroxylation is 1. The lowest BCUT2D eigenvalue weighted by Crippen LogP contribution is -2.41. The topological polar surface area (TPSA) is 102 Å². The second kappa shape index (κ2) is 9.09. The van der Waals surface area contributed by atoms with Crippen LogP contribution in [0.15, 0.2) is 48.7 Å². The number of pyridine rings is 2. The minimum atomic E-state index is -0.705. The van der Waals surface area contributed by atoms with Gasteiger partial charge in [0.15, 0.2) is 11.6 Å². The predicted octanol–water partition coefficient (Wildman–Crippen LogP) is 5.28. The van der Waals surface area contributed by atoms with Crippen LogP contribution in [0.25, 0.3) is 39.2 Å². The van der Waals surface area contributed by atoms with Gasteiger partial charge in [0.2, 0.25) is 0 Å². The van der Waals surface area contributed by atoms with Crippen molar-refractivity contribution >= 4 is 22.5 Å². The van der Waals surface area contributed by atoms with Gasteiger partial charge in [-0.05, 0) is 86.9 Å². The highest BCUT2D eigenvalue weighted by molar-refractivity contribution is 5.95. The van der Waals surface area contributed by atoms with E-state index in [0.717, 1.165) is 49.0 Å². The van der Waals surface area contributed by atoms with Gasteiger partial charge in [0.25, 0.3) is 5.91 Å². The number of hydrogen-bond acceptors (Lipinski definition) is 5. The summed E-state index contributed by atoms with van der Waals surface area (Å²) in [4.78, 5) is 20.1. The molecule has 2 bridgehead atoms. The number of carbonyl (C=O) groups excluding carboxylic acids is 1. The van der Waals surface area contributed by atoms with Crippen molar-refractivity contribution in [2.75, 3.05) is 6.54 Å². The lowest BCUT2D eigenvalue weighted by atomic mass is 10.1. The van der Waals surface area contributed by atoms with Gasteiger partial charge in [-0.15, -0.1) is 0 Å². The highest BCUT2D eigenvalue weighted by Crippen LogP contribution is 2.39. The van der Waals surface area contributed by atoms with E-state index in [4.69, 9.17) is 15.8 Å². The molecule has 8 nitrogen and oxygen atoms in total. The van der Waals surface area contributed by atoms with Crippen molar-refractivity contribution in [3.63, 3.8) is 0 Å². The first kappa shape index (κ1) is 25.4. The molecular formula is C32H30F2N6O2. The summed E-state index contributed by atoms with van der Waals surface area (Å²) in [5, 5.41) is 15.3. The smallest absolute Gasteiger partial charge is 0.255 e. The molecule has 1 aliphatic heterocycles. The third kappa shape index (κ3) is 3.84. The second-order valence-corrected chi connectivity index (χ2v) is 12.1. The van der Waals surface area contributed by atoms with Crippen LogP contribution in [0.1, 0.15) is 41.6 Å². The highest BCUT2D eigenvalue weighted by Gasteiger charge is 2.47. The number of piperidine rings is 1. The van der Waals surface area contributed by atoms with E-state index in [1.54, 1.807) is 17.2 Å². The van der Waals surface area contributed by atoms with Crippen molar-refractivity contribution in [1.29, 1.82) is 0 Å². The zero-order valence-electron chi connectivity index (χ0n) is 23.1. The van der Waals surface area contributed by atoms with E-state index in [0.29, 0.717) is 46.4 Å². The zero-order valence-corrected chi connectivity index (χ0v) is 23.1. The number of likely N-dealkylation sites (tertiary alicyclic amines) is 1. The number of phenols is 1. The van der Waals surface area contributed by atoms with E-state index in [9.17, 15) is 14.3 Å². The van der Waals surface area contributed by atoms with E-state index in [1.165, 1.54) is 22.7 Å². The molecule has 214 valence electrons. The number of fused-ring (bicyclic) bond motifs is 4. The van der Waals surface area contributed by atoms with Crippen molar-refractivity contribution in [2.45, 2.75) is 51.2 Å². The van der Waals surface area contributed by atoms with Gasteiger partial charge < -0.3 is 20.3 Å². The second-order valence-electron chi connectivity index (χ2n) is 12.1. The largest absolute Gasteiger partial charge is 0.505 e. The van der Waals surface area contributed by atoms with E-state index < -0.39 is 17.4 Å². The number of benzene rings is 1. The Hall–Kier alpha value is -4.31. The van der Waals surface area contributed by atoms with Crippen molar-refractivity contribution < 1.29 is 18.7 Å². The van der Waals surface area contributed by atoms with Crippen LogP contribution in [-0.4, -0.2) is 53.7 Å². The van der Waals surface area contributed by atoms with E-state index >= 15 is 4.39 Å². The van der Waals surface area contributed by atoms with Crippen LogP contribution in [0.2, 0.25) is 0 Å². The summed E-state index contributed by atoms with van der Waals surface area (Å²) in [6.45, 7) is 3.19. The molecule has 42 heavy (non-hydrogen) atoms. The molecule has 4 aromatic heterocycles. The lowest BCUT2D eigenvalue weighted by molar-refractivity contribution is 0.0699. The number of phenolic OH excluding ortho intramolecular Hbond substituents is 1. The Kier molecular flexibility index (Phi) is 5.50. The summed E-state index contributed by atoms with van der Waals surface area (Å²) >= 11 is 0. The van der Waals surface area contributed by atoms with Crippen LogP contribution in [0, 0.1) is 30.4 Å². The first-order valence-corrected chi connectivity index (χ1v) is 14.5. The van der Waals surface area contributed by atoms with Crippen LogP contribution in [0.5, 0.6) is 5.75 Å². The molecule has 0 spiro atoms. The molecule has 5 aromatic rings. The lowest BCUT2D eigenvalue weighted by Gasteiger charge is -2.27. The van der Waals surface area contributed by atoms with Crippen molar-refractivity contribution in [2.24, 2.45) is 17.6 Å². The van der Waals surface area contributed by atoms with Crippen molar-refractivity contribution in [3.05, 3.63) is 71.4 Å². The van der Waals surface area contributed by atoms with Gasteiger partial charge in [0.05, 0.1) is 17.0 Å². The molecule has 10 heteroatoms. The molecule has 8 rings (SSSR count). The molecule has 1 aromatic carbocycles. The van der Waals surface area contributed by atoms with E-state index in [2.05, 4.69) is 4.57 Å². The number of aromatic nitrogens is 4. The standard InChI is InChI=1S/C32H30F2N6O2/c1-16-29(37-40-15-21(11-23(34)30(16)40)32(42)39-14-20-5-8-25(39)28(20)35)26-12-19-4-7-24(18-6-9-27(41)22(33)10-18)36-31(19)38(26)13-17-2-3-17/h4,6-7,9-12,15,17,20,25,28,41H,2-3,5,8,13-14,35H2,1H3/t20?,25?,28-/m1/s1. The van der Waals surface area contributed by atoms with Gasteiger partial charge in [-0.1, -0.05) is 0 Å². The average Bonchev–Trinajstić information content (AvgIpc) is 3.38. The summed E-state index contributed by atoms with van der Waals surface area (Å²) in [6.07, 6.45) is 5.78. The number of nitrogens with two attached hydrogens (primary N) is 1. The van der Waals surface area contributed by atoms with Gasteiger partial charge in [-0.25, -0.2) is 18.3 Å². The summed E-state index contributed by atoms with van der Waals surface area (Å²) in [7, 11) is 0. The fourth-order valence-electron chi connectivity index (χ4n) is 6.97. The van der Waals surface area contributed by atoms with E-state index in [1.807, 2.05) is 25.1 Å². The summed E-state index contributed by atoms with van der Waals surface area (Å²) in [5.41, 5.74) is 10.9. The minimum absolute atomic E-state index is 0.00441. The van der Waals surface area contributed by atoms with Crippen LogP contribution in [-0.2, 0) is 6.54 Å². The Morgan fingerprint density at radius 2 is 1.90 bits per heavy atom. The Bertz CT molecular complexity index is 1930. The molecule has 1 amide bonds. The Morgan fingerprint density at radius 3 is 2.62 bits per heavy atom. The molecule has 3 N–H and O–H groups in total. The summed E-state index contributed by atoms with van der Waals surface area (Å²) in [6, 6.07) is 11.3. The normalized spacial score (nSPS) is 21.7. The summed E-state index contributed by atoms with van der Waals surface area (Å²) < 4.78 is 33.4. The van der Waals surface area contributed by atoms with Gasteiger partial charge in [-0.2, -0.15) is 5.10 Å². The summed E-state index contributed by atoms with van der Waals surface area (Å²) in [5.74, 6) is -1.000. The minimum Gasteiger partial charge on any atom is -0.505 e. The number of hydrogen-bond donors (Lipinski definition) is 2. The fourth-order valence-corrected chi connectivity index (χ4v) is 6.97. The maximum atomic E-state index is 15.7. The molecular weight excluding hydrogens is 538 g/mol. The molecule has 3 aliphatic rings. The number of rotatable bonds is 5. The zero-order chi connectivity index (χ0) is 28.9. The monoisotopic (exact) mass is 568 g/mol. The molecule has 3 fully saturated rings. The number of amides is 1. The van der Waals surface area contributed by atoms with Gasteiger partial charge in [-0.3, -0.25) is 4.79 Å². The number of carbonyl (C=O) groups is 1. The Balaban J connectivity index is 1.23. The first-order chi connectivity index (χ1) is 20.3.